The summed E-state index contributed by atoms with van der Waals surface area (Å²) in [6.07, 6.45) is 1.54. The number of para-hydroxylation sites is 1. The van der Waals surface area contributed by atoms with Crippen molar-refractivity contribution < 1.29 is 32.8 Å². The predicted molar refractivity (Wildman–Crippen MR) is 181 cm³/mol. The minimum Gasteiger partial charge on any atom is -0.591 e. The number of nitrogens with one attached hydrogen (secondary N) is 1. The fourth-order valence-corrected chi connectivity index (χ4v) is 5.02. The number of carbonyl (C=O) groups is 2. The van der Waals surface area contributed by atoms with Crippen LogP contribution in [-0.4, -0.2) is 39.8 Å². The summed E-state index contributed by atoms with van der Waals surface area (Å²) in [5.41, 5.74) is 4.48. The Kier molecular flexibility index (Phi) is 11.2. The number of nitrogens with zero attached hydrogens (tertiary/aromatic N) is 1. The monoisotopic (exact) mass is 646 g/mol. The van der Waals surface area contributed by atoms with Crippen molar-refractivity contribution in [3.05, 3.63) is 89.2 Å². The molecule has 244 valence electrons. The second-order valence-electron chi connectivity index (χ2n) is 12.8. The first-order valence-electron chi connectivity index (χ1n) is 15.1. The van der Waals surface area contributed by atoms with E-state index in [1.165, 1.54) is 13.1 Å². The second kappa shape index (κ2) is 14.9. The van der Waals surface area contributed by atoms with Crippen LogP contribution in [-0.2, 0) is 45.2 Å². The zero-order chi connectivity index (χ0) is 33.5. The van der Waals surface area contributed by atoms with Gasteiger partial charge in [0.25, 0.3) is 0 Å². The van der Waals surface area contributed by atoms with E-state index in [2.05, 4.69) is 9.71 Å². The molecule has 1 aromatic heterocycles. The van der Waals surface area contributed by atoms with E-state index in [1.807, 2.05) is 108 Å². The normalized spacial score (nSPS) is 12.7. The molecule has 46 heavy (non-hydrogen) atoms. The highest BCUT2D eigenvalue weighted by atomic mass is 32.2. The number of fused-ring (bicyclic) bond motifs is 1. The fourth-order valence-electron chi connectivity index (χ4n) is 4.51. The van der Waals surface area contributed by atoms with Gasteiger partial charge in [-0.25, -0.2) is 4.79 Å². The van der Waals surface area contributed by atoms with Crippen LogP contribution in [0.2, 0.25) is 0 Å². The van der Waals surface area contributed by atoms with Crippen molar-refractivity contribution in [2.24, 2.45) is 4.40 Å². The van der Waals surface area contributed by atoms with Crippen LogP contribution in [0.1, 0.15) is 70.9 Å². The van der Waals surface area contributed by atoms with Gasteiger partial charge in [-0.2, -0.15) is 0 Å². The van der Waals surface area contributed by atoms with E-state index < -0.39 is 27.8 Å². The highest BCUT2D eigenvalue weighted by Gasteiger charge is 2.26. The molecule has 0 aliphatic rings. The molecule has 1 atom stereocenters. The van der Waals surface area contributed by atoms with Crippen molar-refractivity contribution in [1.29, 1.82) is 0 Å². The first-order valence-corrected chi connectivity index (χ1v) is 16.2. The van der Waals surface area contributed by atoms with Crippen LogP contribution in [0.15, 0.2) is 75.5 Å². The maximum atomic E-state index is 12.6. The molecule has 4 rings (SSSR count). The summed E-state index contributed by atoms with van der Waals surface area (Å²) < 4.78 is 39.3. The van der Waals surface area contributed by atoms with Crippen molar-refractivity contribution in [3.8, 4) is 16.9 Å². The Labute approximate surface area is 273 Å². The van der Waals surface area contributed by atoms with Crippen LogP contribution in [0.25, 0.3) is 22.1 Å². The maximum Gasteiger partial charge on any atom is 0.407 e. The third-order valence-corrected chi connectivity index (χ3v) is 7.96. The Morgan fingerprint density at radius 3 is 2.46 bits per heavy atom. The van der Waals surface area contributed by atoms with E-state index in [9.17, 15) is 14.1 Å². The molecule has 0 aliphatic carbocycles. The molecule has 1 unspecified atom stereocenters. The minimum atomic E-state index is -1.44. The zero-order valence-electron chi connectivity index (χ0n) is 27.5. The van der Waals surface area contributed by atoms with Gasteiger partial charge in [-0.05, 0) is 94.1 Å². The Balaban J connectivity index is 1.65. The fraction of sp³-hybridized carbons (Fsp3) is 0.361. The molecule has 1 amide bonds. The van der Waals surface area contributed by atoms with Crippen molar-refractivity contribution in [1.82, 2.24) is 5.32 Å². The quantitative estimate of drug-likeness (QED) is 0.101. The topological polar surface area (TPSA) is 122 Å². The standard InChI is InChI=1S/C36H42N2O7S/c1-24(39)42-16-15-27-12-8-9-14-32(27)43-23-26-18-29-20-30(22-38-46(41)36(5,6)7)44-33(29)31(19-26)28-13-10-11-25(17-28)21-37-34(40)45-35(2,3)4/h8-14,17-20,22H,15-16,21,23H2,1-7H3,(H,37,40). The molecule has 1 heterocycles. The van der Waals surface area contributed by atoms with Gasteiger partial charge in [0.2, 0.25) is 0 Å². The van der Waals surface area contributed by atoms with Crippen LogP contribution in [0.4, 0.5) is 4.79 Å². The largest absolute Gasteiger partial charge is 0.591 e. The summed E-state index contributed by atoms with van der Waals surface area (Å²) in [6.45, 7) is 13.3. The van der Waals surface area contributed by atoms with Crippen LogP contribution in [0.3, 0.4) is 0 Å². The molecular weight excluding hydrogens is 604 g/mol. The van der Waals surface area contributed by atoms with Crippen LogP contribution in [0, 0.1) is 0 Å². The summed E-state index contributed by atoms with van der Waals surface area (Å²) in [7, 11) is 0. The molecular formula is C36H42N2O7S. The van der Waals surface area contributed by atoms with Crippen molar-refractivity contribution in [2.75, 3.05) is 6.61 Å². The maximum absolute atomic E-state index is 12.6. The average Bonchev–Trinajstić information content (AvgIpc) is 3.39. The summed E-state index contributed by atoms with van der Waals surface area (Å²) in [5.74, 6) is 0.861. The number of esters is 1. The molecule has 10 heteroatoms. The Hall–Kier alpha value is -4.28. The zero-order valence-corrected chi connectivity index (χ0v) is 28.3. The van der Waals surface area contributed by atoms with Gasteiger partial charge in [0, 0.05) is 30.8 Å². The van der Waals surface area contributed by atoms with Crippen molar-refractivity contribution >= 4 is 40.6 Å². The van der Waals surface area contributed by atoms with Gasteiger partial charge in [-0.3, -0.25) is 4.79 Å². The minimum absolute atomic E-state index is 0.268. The van der Waals surface area contributed by atoms with Crippen LogP contribution >= 0.6 is 0 Å². The first kappa shape index (κ1) is 34.6. The number of furan rings is 1. The van der Waals surface area contributed by atoms with Gasteiger partial charge in [-0.15, -0.1) is 0 Å². The number of rotatable bonds is 11. The molecule has 0 fully saturated rings. The van der Waals surface area contributed by atoms with E-state index in [1.54, 1.807) is 0 Å². The summed E-state index contributed by atoms with van der Waals surface area (Å²) >= 11 is -1.44. The van der Waals surface area contributed by atoms with Crippen molar-refractivity contribution in [3.63, 3.8) is 0 Å². The van der Waals surface area contributed by atoms with E-state index in [0.717, 1.165) is 33.2 Å². The number of alkyl carbamates (subject to hydrolysis) is 1. The Bertz CT molecular complexity index is 1700. The van der Waals surface area contributed by atoms with E-state index in [4.69, 9.17) is 18.6 Å². The molecule has 0 saturated carbocycles. The molecule has 3 aromatic carbocycles. The highest BCUT2D eigenvalue weighted by molar-refractivity contribution is 7.91. The van der Waals surface area contributed by atoms with E-state index in [0.29, 0.717) is 23.5 Å². The Morgan fingerprint density at radius 1 is 0.978 bits per heavy atom. The number of benzene rings is 3. The average molecular weight is 647 g/mol. The lowest BCUT2D eigenvalue weighted by Crippen LogP contribution is -2.32. The first-order chi connectivity index (χ1) is 21.7. The lowest BCUT2D eigenvalue weighted by Gasteiger charge is -2.19. The number of amides is 1. The van der Waals surface area contributed by atoms with Crippen LogP contribution < -0.4 is 10.1 Å². The molecule has 0 radical (unpaired) electrons. The molecule has 0 spiro atoms. The molecule has 4 aromatic rings. The summed E-state index contributed by atoms with van der Waals surface area (Å²) in [5, 5.41) is 3.65. The molecule has 0 bridgehead atoms. The number of hydrogen-bond donors (Lipinski definition) is 1. The van der Waals surface area contributed by atoms with Crippen LogP contribution in [0.5, 0.6) is 5.75 Å². The van der Waals surface area contributed by atoms with E-state index in [-0.39, 0.29) is 25.7 Å². The summed E-state index contributed by atoms with van der Waals surface area (Å²) in [4.78, 5) is 23.5. The Morgan fingerprint density at radius 2 is 1.74 bits per heavy atom. The van der Waals surface area contributed by atoms with Gasteiger partial charge in [-0.1, -0.05) is 40.8 Å². The van der Waals surface area contributed by atoms with Crippen molar-refractivity contribution in [2.45, 2.75) is 78.4 Å². The lowest BCUT2D eigenvalue weighted by atomic mass is 9.99. The SMILES string of the molecule is CC(=O)OCCc1ccccc1OCc1cc(-c2cccc(CNC(=O)OC(C)(C)C)c2)c2oc(C=N[S+]([O-])C(C)(C)C)cc2c1. The third-order valence-electron chi connectivity index (χ3n) is 6.61. The third kappa shape index (κ3) is 10.1. The van der Waals surface area contributed by atoms with Gasteiger partial charge >= 0.3 is 12.1 Å². The van der Waals surface area contributed by atoms with E-state index >= 15 is 0 Å². The highest BCUT2D eigenvalue weighted by Crippen LogP contribution is 2.34. The van der Waals surface area contributed by atoms with Gasteiger partial charge in [0.05, 0.1) is 6.61 Å². The van der Waals surface area contributed by atoms with Gasteiger partial charge in [0.15, 0.2) is 5.76 Å². The molecule has 0 saturated heterocycles. The van der Waals surface area contributed by atoms with Gasteiger partial charge < -0.3 is 28.5 Å². The second-order valence-corrected chi connectivity index (χ2v) is 14.8. The lowest BCUT2D eigenvalue weighted by molar-refractivity contribution is -0.140. The molecule has 0 aliphatic heterocycles. The smallest absolute Gasteiger partial charge is 0.407 e. The number of ether oxygens (including phenoxy) is 3. The summed E-state index contributed by atoms with van der Waals surface area (Å²) in [6, 6.07) is 21.4. The van der Waals surface area contributed by atoms with Gasteiger partial charge in [0.1, 0.15) is 45.9 Å². The number of hydrogen-bond acceptors (Lipinski definition) is 8. The molecule has 1 N–H and O–H groups in total. The predicted octanol–water partition coefficient (Wildman–Crippen LogP) is 7.69. The number of carbonyl (C=O) groups excluding carboxylic acids is 2. The molecule has 9 nitrogen and oxygen atoms in total.